The van der Waals surface area contributed by atoms with E-state index in [2.05, 4.69) is 15.4 Å². The Morgan fingerprint density at radius 2 is 1.90 bits per heavy atom. The quantitative estimate of drug-likeness (QED) is 0.863. The number of nitrogens with two attached hydrogens (primary N) is 1. The fraction of sp³-hybridized carbons (Fsp3) is 0.250. The number of carbonyl (C=O) groups excluding carboxylic acids is 1. The molecular formula is C12H15N5O3S. The summed E-state index contributed by atoms with van der Waals surface area (Å²) >= 11 is 0. The first kappa shape index (κ1) is 15.1. The van der Waals surface area contributed by atoms with Gasteiger partial charge in [-0.1, -0.05) is 0 Å². The van der Waals surface area contributed by atoms with Crippen molar-refractivity contribution in [2.45, 2.75) is 24.8 Å². The minimum atomic E-state index is -3.77. The zero-order chi connectivity index (χ0) is 15.6. The molecule has 0 bridgehead atoms. The molecule has 8 nitrogen and oxygen atoms in total. The monoisotopic (exact) mass is 309 g/mol. The number of primary sulfonamides is 1. The van der Waals surface area contributed by atoms with E-state index in [0.717, 1.165) is 0 Å². The van der Waals surface area contributed by atoms with E-state index >= 15 is 0 Å². The Hall–Kier alpha value is -2.26. The molecule has 9 heteroatoms. The van der Waals surface area contributed by atoms with Gasteiger partial charge >= 0.3 is 0 Å². The molecule has 0 spiro atoms. The second-order valence-electron chi connectivity index (χ2n) is 4.65. The average Bonchev–Trinajstić information content (AvgIpc) is 2.86. The fourth-order valence-corrected chi connectivity index (χ4v) is 2.20. The number of hydrogen-bond donors (Lipinski definition) is 2. The maximum absolute atomic E-state index is 12.1. The van der Waals surface area contributed by atoms with Crippen LogP contribution < -0.4 is 10.5 Å². The Kier molecular flexibility index (Phi) is 4.05. The number of rotatable bonds is 4. The van der Waals surface area contributed by atoms with E-state index in [1.54, 1.807) is 4.68 Å². The van der Waals surface area contributed by atoms with Gasteiger partial charge in [-0.25, -0.2) is 18.2 Å². The molecule has 0 aliphatic rings. The summed E-state index contributed by atoms with van der Waals surface area (Å²) in [6, 6.07) is 5.36. The second kappa shape index (κ2) is 5.62. The van der Waals surface area contributed by atoms with Gasteiger partial charge in [0.05, 0.1) is 10.9 Å². The van der Waals surface area contributed by atoms with Crippen molar-refractivity contribution >= 4 is 21.9 Å². The van der Waals surface area contributed by atoms with Crippen LogP contribution in [0, 0.1) is 0 Å². The van der Waals surface area contributed by atoms with Crippen LogP contribution in [0.4, 0.5) is 5.95 Å². The summed E-state index contributed by atoms with van der Waals surface area (Å²) in [7, 11) is -3.77. The molecule has 0 saturated heterocycles. The SMILES string of the molecule is CC(C)n1ncnc1NC(=O)c1ccc(S(N)(=O)=O)cc1. The van der Waals surface area contributed by atoms with Crippen LogP contribution in [-0.2, 0) is 10.0 Å². The number of aromatic nitrogens is 3. The number of sulfonamides is 1. The maximum atomic E-state index is 12.1. The van der Waals surface area contributed by atoms with Crippen LogP contribution in [0.2, 0.25) is 0 Å². The second-order valence-corrected chi connectivity index (χ2v) is 6.21. The highest BCUT2D eigenvalue weighted by atomic mass is 32.2. The largest absolute Gasteiger partial charge is 0.291 e. The Bertz CT molecular complexity index is 749. The summed E-state index contributed by atoms with van der Waals surface area (Å²) in [5.41, 5.74) is 0.292. The van der Waals surface area contributed by atoms with E-state index in [4.69, 9.17) is 5.14 Å². The highest BCUT2D eigenvalue weighted by Gasteiger charge is 2.14. The molecule has 1 heterocycles. The normalized spacial score (nSPS) is 11.6. The Labute approximate surface area is 122 Å². The van der Waals surface area contributed by atoms with Crippen molar-refractivity contribution < 1.29 is 13.2 Å². The van der Waals surface area contributed by atoms with Crippen molar-refractivity contribution in [1.82, 2.24) is 14.8 Å². The standard InChI is InChI=1S/C12H15N5O3S/c1-8(2)17-12(14-7-15-17)16-11(18)9-3-5-10(6-4-9)21(13,19)20/h3-8H,1-2H3,(H2,13,19,20)(H,14,15,16,18). The van der Waals surface area contributed by atoms with Crippen molar-refractivity contribution in [3.63, 3.8) is 0 Å². The molecule has 21 heavy (non-hydrogen) atoms. The van der Waals surface area contributed by atoms with Crippen molar-refractivity contribution in [2.75, 3.05) is 5.32 Å². The molecule has 0 unspecified atom stereocenters. The predicted octanol–water partition coefficient (Wildman–Crippen LogP) is 0.759. The molecule has 0 radical (unpaired) electrons. The summed E-state index contributed by atoms with van der Waals surface area (Å²) in [5, 5.41) is 11.6. The maximum Gasteiger partial charge on any atom is 0.258 e. The summed E-state index contributed by atoms with van der Waals surface area (Å²) < 4.78 is 23.9. The molecule has 0 atom stereocenters. The third-order valence-electron chi connectivity index (χ3n) is 2.73. The van der Waals surface area contributed by atoms with E-state index in [1.165, 1.54) is 30.6 Å². The van der Waals surface area contributed by atoms with Crippen molar-refractivity contribution in [2.24, 2.45) is 5.14 Å². The number of carbonyl (C=O) groups is 1. The van der Waals surface area contributed by atoms with Crippen LogP contribution in [0.3, 0.4) is 0 Å². The van der Waals surface area contributed by atoms with E-state index in [0.29, 0.717) is 11.5 Å². The minimum Gasteiger partial charge on any atom is -0.291 e. The lowest BCUT2D eigenvalue weighted by molar-refractivity contribution is 0.102. The summed E-state index contributed by atoms with van der Waals surface area (Å²) in [4.78, 5) is 16.0. The van der Waals surface area contributed by atoms with Gasteiger partial charge in [0.2, 0.25) is 16.0 Å². The first-order valence-electron chi connectivity index (χ1n) is 6.13. The minimum absolute atomic E-state index is 0.0487. The Morgan fingerprint density at radius 1 is 1.29 bits per heavy atom. The van der Waals surface area contributed by atoms with Gasteiger partial charge in [-0.05, 0) is 38.1 Å². The molecule has 112 valence electrons. The van der Waals surface area contributed by atoms with Gasteiger partial charge in [-0.15, -0.1) is 0 Å². The molecule has 0 fully saturated rings. The van der Waals surface area contributed by atoms with Gasteiger partial charge in [0.15, 0.2) is 0 Å². The van der Waals surface area contributed by atoms with Gasteiger partial charge < -0.3 is 0 Å². The van der Waals surface area contributed by atoms with E-state index in [9.17, 15) is 13.2 Å². The van der Waals surface area contributed by atoms with E-state index < -0.39 is 15.9 Å². The summed E-state index contributed by atoms with van der Waals surface area (Å²) in [6.45, 7) is 3.82. The third-order valence-corrected chi connectivity index (χ3v) is 3.66. The number of amides is 1. The van der Waals surface area contributed by atoms with Gasteiger partial charge in [0, 0.05) is 5.56 Å². The van der Waals surface area contributed by atoms with Crippen LogP contribution in [0.1, 0.15) is 30.2 Å². The van der Waals surface area contributed by atoms with Crippen molar-refractivity contribution in [3.05, 3.63) is 36.2 Å². The highest BCUT2D eigenvalue weighted by molar-refractivity contribution is 7.89. The lowest BCUT2D eigenvalue weighted by atomic mass is 10.2. The van der Waals surface area contributed by atoms with Crippen molar-refractivity contribution in [1.29, 1.82) is 0 Å². The number of nitrogens with zero attached hydrogens (tertiary/aromatic N) is 3. The molecule has 2 aromatic rings. The lowest BCUT2D eigenvalue weighted by Gasteiger charge is -2.10. The zero-order valence-electron chi connectivity index (χ0n) is 11.5. The Balaban J connectivity index is 2.19. The summed E-state index contributed by atoms with van der Waals surface area (Å²) in [6.07, 6.45) is 1.35. The predicted molar refractivity (Wildman–Crippen MR) is 76.2 cm³/mol. The van der Waals surface area contributed by atoms with Crippen LogP contribution in [0.25, 0.3) is 0 Å². The lowest BCUT2D eigenvalue weighted by Crippen LogP contribution is -2.18. The van der Waals surface area contributed by atoms with E-state index in [1.807, 2.05) is 13.8 Å². The first-order valence-corrected chi connectivity index (χ1v) is 7.67. The first-order chi connectivity index (χ1) is 9.79. The van der Waals surface area contributed by atoms with E-state index in [-0.39, 0.29) is 10.9 Å². The molecule has 3 N–H and O–H groups in total. The van der Waals surface area contributed by atoms with Gasteiger partial charge in [-0.2, -0.15) is 10.1 Å². The topological polar surface area (TPSA) is 120 Å². The van der Waals surface area contributed by atoms with Crippen molar-refractivity contribution in [3.8, 4) is 0 Å². The molecule has 1 aromatic carbocycles. The molecule has 1 amide bonds. The third kappa shape index (κ3) is 3.44. The van der Waals surface area contributed by atoms with Crippen LogP contribution in [0.5, 0.6) is 0 Å². The number of nitrogens with one attached hydrogen (secondary N) is 1. The Morgan fingerprint density at radius 3 is 2.43 bits per heavy atom. The molecular weight excluding hydrogens is 294 g/mol. The smallest absolute Gasteiger partial charge is 0.258 e. The van der Waals surface area contributed by atoms with Crippen LogP contribution >= 0.6 is 0 Å². The van der Waals surface area contributed by atoms with Gasteiger partial charge in [0.1, 0.15) is 6.33 Å². The number of benzene rings is 1. The van der Waals surface area contributed by atoms with Crippen LogP contribution in [-0.4, -0.2) is 29.1 Å². The highest BCUT2D eigenvalue weighted by Crippen LogP contribution is 2.13. The number of anilines is 1. The van der Waals surface area contributed by atoms with Crippen LogP contribution in [0.15, 0.2) is 35.5 Å². The average molecular weight is 309 g/mol. The fourth-order valence-electron chi connectivity index (χ4n) is 1.69. The molecule has 0 aliphatic carbocycles. The molecule has 0 saturated carbocycles. The van der Waals surface area contributed by atoms with Gasteiger partial charge in [-0.3, -0.25) is 10.1 Å². The number of hydrogen-bond acceptors (Lipinski definition) is 5. The zero-order valence-corrected chi connectivity index (χ0v) is 12.3. The molecule has 2 rings (SSSR count). The van der Waals surface area contributed by atoms with Gasteiger partial charge in [0.25, 0.3) is 5.91 Å². The molecule has 0 aliphatic heterocycles. The molecule has 1 aromatic heterocycles. The summed E-state index contributed by atoms with van der Waals surface area (Å²) in [5.74, 6) is -0.0867.